The molecule has 1 amide bonds. The van der Waals surface area contributed by atoms with Crippen LogP contribution in [-0.4, -0.2) is 62.6 Å². The first-order valence-electron chi connectivity index (χ1n) is 9.21. The fraction of sp³-hybridized carbons (Fsp3) is 0.882. The second kappa shape index (κ2) is 11.9. The van der Waals surface area contributed by atoms with Crippen molar-refractivity contribution in [1.82, 2.24) is 20.9 Å². The summed E-state index contributed by atoms with van der Waals surface area (Å²) in [5.41, 5.74) is 0. The van der Waals surface area contributed by atoms with Gasteiger partial charge in [-0.2, -0.15) is 0 Å². The number of carbonyl (C=O) groups is 1. The van der Waals surface area contributed by atoms with Gasteiger partial charge in [0.05, 0.1) is 6.54 Å². The van der Waals surface area contributed by atoms with Crippen LogP contribution in [0, 0.1) is 11.8 Å². The van der Waals surface area contributed by atoms with E-state index in [1.165, 1.54) is 25.9 Å². The normalized spacial score (nSPS) is 21.8. The number of guanidine groups is 1. The molecule has 1 aliphatic carbocycles. The number of aliphatic imine (C=N–C) groups is 1. The van der Waals surface area contributed by atoms with E-state index in [0.29, 0.717) is 13.1 Å². The average molecular weight is 451 g/mol. The van der Waals surface area contributed by atoms with Crippen LogP contribution < -0.4 is 16.0 Å². The summed E-state index contributed by atoms with van der Waals surface area (Å²) in [5, 5.41) is 9.51. The fourth-order valence-electron chi connectivity index (χ4n) is 2.99. The number of carbonyl (C=O) groups excluding carboxylic acids is 1. The molecule has 1 heterocycles. The maximum absolute atomic E-state index is 11.6. The zero-order chi connectivity index (χ0) is 16.5. The molecule has 0 aromatic heterocycles. The molecule has 1 saturated carbocycles. The summed E-state index contributed by atoms with van der Waals surface area (Å²) in [4.78, 5) is 18.7. The summed E-state index contributed by atoms with van der Waals surface area (Å²) in [7, 11) is 0. The summed E-state index contributed by atoms with van der Waals surface area (Å²) < 4.78 is 0. The van der Waals surface area contributed by atoms with Gasteiger partial charge in [0.25, 0.3) is 0 Å². The number of likely N-dealkylation sites (tertiary alicyclic amines) is 1. The van der Waals surface area contributed by atoms with E-state index in [2.05, 4.69) is 39.7 Å². The molecule has 1 atom stereocenters. The first-order valence-corrected chi connectivity index (χ1v) is 9.21. The second-order valence-electron chi connectivity index (χ2n) is 6.80. The molecule has 2 fully saturated rings. The number of amides is 1. The van der Waals surface area contributed by atoms with Crippen molar-refractivity contribution in [2.75, 3.05) is 45.8 Å². The Labute approximate surface area is 163 Å². The molecule has 0 aromatic rings. The van der Waals surface area contributed by atoms with Gasteiger partial charge in [0.15, 0.2) is 5.96 Å². The van der Waals surface area contributed by atoms with Gasteiger partial charge in [0, 0.05) is 38.6 Å². The number of halogens is 1. The van der Waals surface area contributed by atoms with E-state index < -0.39 is 0 Å². The van der Waals surface area contributed by atoms with Crippen molar-refractivity contribution >= 4 is 35.8 Å². The number of nitrogens with one attached hydrogen (secondary N) is 3. The number of hydrogen-bond donors (Lipinski definition) is 3. The summed E-state index contributed by atoms with van der Waals surface area (Å²) in [5.74, 6) is 2.14. The van der Waals surface area contributed by atoms with E-state index in [1.54, 1.807) is 0 Å². The number of rotatable bonds is 8. The molecule has 2 aliphatic rings. The van der Waals surface area contributed by atoms with E-state index in [9.17, 15) is 4.79 Å². The van der Waals surface area contributed by atoms with Crippen molar-refractivity contribution in [3.05, 3.63) is 0 Å². The van der Waals surface area contributed by atoms with Crippen LogP contribution in [0.3, 0.4) is 0 Å². The minimum atomic E-state index is 0. The van der Waals surface area contributed by atoms with Crippen LogP contribution in [0.15, 0.2) is 4.99 Å². The van der Waals surface area contributed by atoms with E-state index in [4.69, 9.17) is 0 Å². The van der Waals surface area contributed by atoms with Crippen LogP contribution >= 0.6 is 24.0 Å². The number of nitrogens with zero attached hydrogens (tertiary/aromatic N) is 2. The van der Waals surface area contributed by atoms with Crippen LogP contribution in [-0.2, 0) is 4.79 Å². The quantitative estimate of drug-likeness (QED) is 0.226. The van der Waals surface area contributed by atoms with Gasteiger partial charge in [-0.15, -0.1) is 24.0 Å². The van der Waals surface area contributed by atoms with E-state index in [-0.39, 0.29) is 35.8 Å². The van der Waals surface area contributed by atoms with Gasteiger partial charge in [-0.3, -0.25) is 9.79 Å². The zero-order valence-corrected chi connectivity index (χ0v) is 17.5. The highest BCUT2D eigenvalue weighted by Gasteiger charge is 2.28. The van der Waals surface area contributed by atoms with Gasteiger partial charge >= 0.3 is 0 Å². The Morgan fingerprint density at radius 2 is 1.92 bits per heavy atom. The Morgan fingerprint density at radius 1 is 1.17 bits per heavy atom. The van der Waals surface area contributed by atoms with Crippen LogP contribution in [0.4, 0.5) is 0 Å². The molecule has 0 aromatic carbocycles. The second-order valence-corrected chi connectivity index (χ2v) is 6.80. The monoisotopic (exact) mass is 451 g/mol. The van der Waals surface area contributed by atoms with E-state index in [1.807, 2.05) is 0 Å². The molecule has 140 valence electrons. The van der Waals surface area contributed by atoms with Crippen LogP contribution in [0.1, 0.15) is 39.5 Å². The molecule has 2 rings (SSSR count). The van der Waals surface area contributed by atoms with Crippen LogP contribution in [0.2, 0.25) is 0 Å². The van der Waals surface area contributed by atoms with Gasteiger partial charge in [0.2, 0.25) is 5.91 Å². The summed E-state index contributed by atoms with van der Waals surface area (Å²) in [6.07, 6.45) is 4.78. The maximum atomic E-state index is 11.6. The Balaban J connectivity index is 0.00000288. The van der Waals surface area contributed by atoms with Crippen molar-refractivity contribution in [1.29, 1.82) is 0 Å². The molecule has 6 nitrogen and oxygen atoms in total. The third-order valence-corrected chi connectivity index (χ3v) is 4.44. The molecule has 1 saturated heterocycles. The first-order chi connectivity index (χ1) is 11.2. The molecular weight excluding hydrogens is 417 g/mol. The molecule has 3 N–H and O–H groups in total. The van der Waals surface area contributed by atoms with Crippen molar-refractivity contribution in [2.45, 2.75) is 39.5 Å². The largest absolute Gasteiger partial charge is 0.357 e. The lowest BCUT2D eigenvalue weighted by Crippen LogP contribution is -2.42. The van der Waals surface area contributed by atoms with E-state index in [0.717, 1.165) is 44.4 Å². The van der Waals surface area contributed by atoms with Crippen molar-refractivity contribution in [3.63, 3.8) is 0 Å². The summed E-state index contributed by atoms with van der Waals surface area (Å²) in [6, 6.07) is 0. The highest BCUT2D eigenvalue weighted by Crippen LogP contribution is 2.28. The van der Waals surface area contributed by atoms with E-state index >= 15 is 0 Å². The molecule has 7 heteroatoms. The number of piperidine rings is 1. The standard InChI is InChI=1S/C17H33N5O.HI/c1-3-18-17(20-9-8-19-16(23)15-6-7-15)21-10-12-22-11-4-5-14(2)13-22;/h14-15H,3-13H2,1-2H3,(H,19,23)(H2,18,20,21);1H. The third-order valence-electron chi connectivity index (χ3n) is 4.44. The van der Waals surface area contributed by atoms with Gasteiger partial charge < -0.3 is 20.9 Å². The van der Waals surface area contributed by atoms with Gasteiger partial charge in [-0.05, 0) is 45.1 Å². The average Bonchev–Trinajstić information content (AvgIpc) is 3.36. The topological polar surface area (TPSA) is 68.8 Å². The maximum Gasteiger partial charge on any atom is 0.223 e. The third kappa shape index (κ3) is 8.50. The smallest absolute Gasteiger partial charge is 0.223 e. The van der Waals surface area contributed by atoms with Gasteiger partial charge in [-0.25, -0.2) is 0 Å². The molecule has 0 radical (unpaired) electrons. The predicted octanol–water partition coefficient (Wildman–Crippen LogP) is 1.42. The highest BCUT2D eigenvalue weighted by atomic mass is 127. The molecule has 24 heavy (non-hydrogen) atoms. The predicted molar refractivity (Wildman–Crippen MR) is 110 cm³/mol. The van der Waals surface area contributed by atoms with Crippen molar-refractivity contribution in [2.24, 2.45) is 16.8 Å². The van der Waals surface area contributed by atoms with Gasteiger partial charge in [0.1, 0.15) is 0 Å². The molecular formula is C17H34IN5O. The lowest BCUT2D eigenvalue weighted by Gasteiger charge is -2.30. The lowest BCUT2D eigenvalue weighted by molar-refractivity contribution is -0.122. The number of hydrogen-bond acceptors (Lipinski definition) is 3. The summed E-state index contributed by atoms with van der Waals surface area (Å²) in [6.45, 7) is 10.9. The Kier molecular flexibility index (Phi) is 10.6. The van der Waals surface area contributed by atoms with Crippen molar-refractivity contribution < 1.29 is 4.79 Å². The lowest BCUT2D eigenvalue weighted by atomic mass is 10.0. The summed E-state index contributed by atoms with van der Waals surface area (Å²) >= 11 is 0. The SMILES string of the molecule is CCNC(=NCCN1CCCC(C)C1)NCCNC(=O)C1CC1.I. The first kappa shape index (κ1) is 21.5. The van der Waals surface area contributed by atoms with Gasteiger partial charge in [-0.1, -0.05) is 6.92 Å². The highest BCUT2D eigenvalue weighted by molar-refractivity contribution is 14.0. The zero-order valence-electron chi connectivity index (χ0n) is 15.1. The molecule has 1 unspecified atom stereocenters. The molecule has 0 spiro atoms. The fourth-order valence-corrected chi connectivity index (χ4v) is 2.99. The minimum absolute atomic E-state index is 0. The Morgan fingerprint density at radius 3 is 2.58 bits per heavy atom. The molecule has 0 bridgehead atoms. The van der Waals surface area contributed by atoms with Crippen molar-refractivity contribution in [3.8, 4) is 0 Å². The minimum Gasteiger partial charge on any atom is -0.357 e. The molecule has 1 aliphatic heterocycles. The van der Waals surface area contributed by atoms with Crippen LogP contribution in [0.5, 0.6) is 0 Å². The Bertz CT molecular complexity index is 400. The van der Waals surface area contributed by atoms with Crippen LogP contribution in [0.25, 0.3) is 0 Å². The Hall–Kier alpha value is -0.570.